The van der Waals surface area contributed by atoms with Crippen LogP contribution in [0, 0.1) is 44.1 Å². The minimum atomic E-state index is 0. The van der Waals surface area contributed by atoms with Gasteiger partial charge < -0.3 is 17.0 Å². The van der Waals surface area contributed by atoms with Gasteiger partial charge in [0, 0.05) is 5.75 Å². The zero-order chi connectivity index (χ0) is 13.9. The van der Waals surface area contributed by atoms with E-state index in [1.165, 1.54) is 0 Å². The summed E-state index contributed by atoms with van der Waals surface area (Å²) in [7, 11) is 0. The van der Waals surface area contributed by atoms with Gasteiger partial charge in [0.25, 0.3) is 0 Å². The third-order valence-electron chi connectivity index (χ3n) is 3.01. The summed E-state index contributed by atoms with van der Waals surface area (Å²) in [6.07, 6.45) is 0. The van der Waals surface area contributed by atoms with Crippen LogP contribution in [0.2, 0.25) is 0 Å². The SMILES string of the molecule is C=C1N=C(c2ccccc2)c2cc(OC[CH2-])[c-]cc2N1.[U+2]. The second kappa shape index (κ2) is 6.98. The predicted octanol–water partition coefficient (Wildman–Crippen LogP) is 3.43. The minimum Gasteiger partial charge on any atom is -0.551 e. The van der Waals surface area contributed by atoms with Crippen molar-refractivity contribution in [1.29, 1.82) is 0 Å². The van der Waals surface area contributed by atoms with Crippen LogP contribution in [0.4, 0.5) is 5.69 Å². The van der Waals surface area contributed by atoms with E-state index in [0.29, 0.717) is 18.2 Å². The number of anilines is 1. The monoisotopic (exact) mass is 500 g/mol. The fraction of sp³-hybridized carbons (Fsp3) is 0.0588. The molecule has 0 fully saturated rings. The summed E-state index contributed by atoms with van der Waals surface area (Å²) in [6.45, 7) is 7.94. The first-order chi connectivity index (χ1) is 9.78. The van der Waals surface area contributed by atoms with E-state index in [1.54, 1.807) is 0 Å². The smallest absolute Gasteiger partial charge is 0.551 e. The first kappa shape index (κ1) is 15.9. The van der Waals surface area contributed by atoms with E-state index in [2.05, 4.69) is 29.9 Å². The maximum Gasteiger partial charge on any atom is 2.00 e. The van der Waals surface area contributed by atoms with Crippen LogP contribution in [0.1, 0.15) is 11.1 Å². The number of nitrogens with one attached hydrogen (secondary N) is 1. The first-order valence-corrected chi connectivity index (χ1v) is 6.36. The van der Waals surface area contributed by atoms with Crippen LogP contribution >= 0.6 is 0 Å². The zero-order valence-corrected chi connectivity index (χ0v) is 15.7. The molecule has 4 heteroatoms. The van der Waals surface area contributed by atoms with Crippen molar-refractivity contribution in [2.75, 3.05) is 11.9 Å². The van der Waals surface area contributed by atoms with E-state index in [0.717, 1.165) is 22.5 Å². The molecule has 0 radical (unpaired) electrons. The fourth-order valence-corrected chi connectivity index (χ4v) is 2.16. The average Bonchev–Trinajstić information content (AvgIpc) is 2.48. The zero-order valence-electron chi connectivity index (χ0n) is 11.5. The van der Waals surface area contributed by atoms with Gasteiger partial charge in [0.1, 0.15) is 5.82 Å². The third kappa shape index (κ3) is 3.40. The van der Waals surface area contributed by atoms with Gasteiger partial charge in [-0.05, 0) is 12.2 Å². The molecule has 0 saturated heterocycles. The molecule has 0 aromatic heterocycles. The maximum absolute atomic E-state index is 5.41. The van der Waals surface area contributed by atoms with E-state index < -0.39 is 0 Å². The number of hydrogen-bond acceptors (Lipinski definition) is 3. The molecular weight excluding hydrogens is 486 g/mol. The Morgan fingerprint density at radius 1 is 1.29 bits per heavy atom. The van der Waals surface area contributed by atoms with E-state index >= 15 is 0 Å². The van der Waals surface area contributed by atoms with Crippen LogP contribution in [-0.2, 0) is 0 Å². The Bertz CT molecular complexity index is 680. The van der Waals surface area contributed by atoms with Crippen molar-refractivity contribution in [1.82, 2.24) is 0 Å². The molecule has 0 aliphatic carbocycles. The number of hydrogen-bond donors (Lipinski definition) is 1. The molecule has 1 aliphatic rings. The van der Waals surface area contributed by atoms with Crippen molar-refractivity contribution < 1.29 is 35.9 Å². The summed E-state index contributed by atoms with van der Waals surface area (Å²) in [6, 6.07) is 16.9. The molecule has 21 heavy (non-hydrogen) atoms. The number of fused-ring (bicyclic) bond motifs is 1. The molecule has 0 spiro atoms. The van der Waals surface area contributed by atoms with Gasteiger partial charge in [-0.3, -0.25) is 0 Å². The normalized spacial score (nSPS) is 12.6. The van der Waals surface area contributed by atoms with Gasteiger partial charge in [-0.1, -0.05) is 48.2 Å². The second-order valence-corrected chi connectivity index (χ2v) is 4.37. The van der Waals surface area contributed by atoms with Crippen molar-refractivity contribution in [3.05, 3.63) is 79.0 Å². The number of nitrogens with zero attached hydrogens (tertiary/aromatic N) is 1. The number of benzene rings is 2. The van der Waals surface area contributed by atoms with Crippen LogP contribution in [0.15, 0.2) is 59.9 Å². The van der Waals surface area contributed by atoms with Gasteiger partial charge in [0.15, 0.2) is 0 Å². The average molecular weight is 500 g/mol. The molecule has 3 nitrogen and oxygen atoms in total. The van der Waals surface area contributed by atoms with Gasteiger partial charge in [-0.25, -0.2) is 4.99 Å². The Balaban J connectivity index is 0.00000161. The largest absolute Gasteiger partial charge is 2.00 e. The Morgan fingerprint density at radius 2 is 2.05 bits per heavy atom. The molecule has 1 heterocycles. The van der Waals surface area contributed by atoms with Crippen molar-refractivity contribution >= 4 is 11.4 Å². The molecule has 0 atom stereocenters. The van der Waals surface area contributed by atoms with Crippen LogP contribution in [0.3, 0.4) is 0 Å². The van der Waals surface area contributed by atoms with Crippen molar-refractivity contribution in [2.45, 2.75) is 0 Å². The van der Waals surface area contributed by atoms with E-state index in [4.69, 9.17) is 4.74 Å². The molecule has 1 aliphatic heterocycles. The third-order valence-corrected chi connectivity index (χ3v) is 3.01. The summed E-state index contributed by atoms with van der Waals surface area (Å²) in [4.78, 5) is 4.52. The molecule has 2 aromatic carbocycles. The number of aliphatic imine (C=N–C) groups is 1. The Labute approximate surface area is 148 Å². The van der Waals surface area contributed by atoms with Crippen LogP contribution in [-0.4, -0.2) is 12.3 Å². The minimum absolute atomic E-state index is 0. The van der Waals surface area contributed by atoms with Gasteiger partial charge in [-0.15, -0.1) is 18.2 Å². The van der Waals surface area contributed by atoms with Crippen LogP contribution < -0.4 is 10.1 Å². The summed E-state index contributed by atoms with van der Waals surface area (Å²) in [5.74, 6) is 1.28. The molecule has 0 saturated carbocycles. The maximum atomic E-state index is 5.41. The van der Waals surface area contributed by atoms with Gasteiger partial charge >= 0.3 is 31.1 Å². The van der Waals surface area contributed by atoms with Gasteiger partial charge in [-0.2, -0.15) is 0 Å². The van der Waals surface area contributed by atoms with E-state index in [1.807, 2.05) is 42.5 Å². The summed E-state index contributed by atoms with van der Waals surface area (Å²) >= 11 is 0. The number of ether oxygens (including phenoxy) is 1. The molecule has 3 rings (SSSR count). The predicted molar refractivity (Wildman–Crippen MR) is 81.0 cm³/mol. The quantitative estimate of drug-likeness (QED) is 0.656. The standard InChI is InChI=1S/C17H14N2O.U/c1-3-20-14-9-10-16-15(11-14)17(19-12(2)18-16)13-7-5-4-6-8-13;/h4-8,10-11,18H,1-3H2;/q-2;+2. The van der Waals surface area contributed by atoms with Crippen LogP contribution in [0.5, 0.6) is 5.75 Å². The molecule has 0 amide bonds. The van der Waals surface area contributed by atoms with E-state index in [9.17, 15) is 0 Å². The van der Waals surface area contributed by atoms with Crippen molar-refractivity contribution in [3.63, 3.8) is 0 Å². The molecule has 102 valence electrons. The summed E-state index contributed by atoms with van der Waals surface area (Å²) in [5.41, 5.74) is 3.83. The summed E-state index contributed by atoms with van der Waals surface area (Å²) in [5, 5.41) is 3.14. The summed E-state index contributed by atoms with van der Waals surface area (Å²) < 4.78 is 5.41. The Morgan fingerprint density at radius 3 is 2.76 bits per heavy atom. The number of rotatable bonds is 3. The van der Waals surface area contributed by atoms with Crippen LogP contribution in [0.25, 0.3) is 0 Å². The Hall–Kier alpha value is -1.50. The molecule has 1 N–H and O–H groups in total. The van der Waals surface area contributed by atoms with Gasteiger partial charge in [0.05, 0.1) is 5.71 Å². The molecule has 0 bridgehead atoms. The van der Waals surface area contributed by atoms with Gasteiger partial charge in [0.2, 0.25) is 0 Å². The van der Waals surface area contributed by atoms with Crippen molar-refractivity contribution in [3.8, 4) is 5.75 Å². The topological polar surface area (TPSA) is 33.6 Å². The first-order valence-electron chi connectivity index (χ1n) is 6.36. The fourth-order valence-electron chi connectivity index (χ4n) is 2.16. The second-order valence-electron chi connectivity index (χ2n) is 4.37. The molecule has 2 aromatic rings. The van der Waals surface area contributed by atoms with E-state index in [-0.39, 0.29) is 31.1 Å². The van der Waals surface area contributed by atoms with Crippen molar-refractivity contribution in [2.24, 2.45) is 4.99 Å². The Kier molecular flexibility index (Phi) is 5.28. The molecular formula is C17H14N2OU. The molecule has 0 unspecified atom stereocenters.